The summed E-state index contributed by atoms with van der Waals surface area (Å²) in [4.78, 5) is 4.33. The second-order valence-corrected chi connectivity index (χ2v) is 5.49. The molecule has 1 N–H and O–H groups in total. The van der Waals surface area contributed by atoms with Crippen LogP contribution >= 0.6 is 11.6 Å². The summed E-state index contributed by atoms with van der Waals surface area (Å²) >= 11 is 6.35. The molecule has 2 aromatic rings. The molecule has 3 heteroatoms. The van der Waals surface area contributed by atoms with E-state index < -0.39 is 0 Å². The Labute approximate surface area is 118 Å². The van der Waals surface area contributed by atoms with Gasteiger partial charge in [-0.15, -0.1) is 0 Å². The standard InChI is InChI=1S/C16H17ClN2/c17-16-9-12(11-19-14-6-7-14)4-5-13(16)10-15-3-1-2-8-18-15/h1-5,8-9,14,19H,6-7,10-11H2. The largest absolute Gasteiger partial charge is 0.310 e. The molecule has 1 aliphatic rings. The van der Waals surface area contributed by atoms with Crippen LogP contribution in [0.3, 0.4) is 0 Å². The van der Waals surface area contributed by atoms with E-state index in [0.717, 1.165) is 35.3 Å². The predicted octanol–water partition coefficient (Wildman–Crippen LogP) is 3.58. The van der Waals surface area contributed by atoms with Gasteiger partial charge in [-0.3, -0.25) is 4.98 Å². The topological polar surface area (TPSA) is 24.9 Å². The molecule has 1 heterocycles. The second-order valence-electron chi connectivity index (χ2n) is 5.08. The Bertz CT molecular complexity index is 550. The molecule has 0 amide bonds. The summed E-state index contributed by atoms with van der Waals surface area (Å²) in [7, 11) is 0. The zero-order valence-corrected chi connectivity index (χ0v) is 11.5. The number of halogens is 1. The van der Waals surface area contributed by atoms with Crippen molar-refractivity contribution in [3.63, 3.8) is 0 Å². The number of rotatable bonds is 5. The van der Waals surface area contributed by atoms with E-state index in [4.69, 9.17) is 11.6 Å². The first-order chi connectivity index (χ1) is 9.31. The fourth-order valence-electron chi connectivity index (χ4n) is 2.09. The lowest BCUT2D eigenvalue weighted by molar-refractivity contribution is 0.687. The minimum absolute atomic E-state index is 0.729. The number of hydrogen-bond donors (Lipinski definition) is 1. The van der Waals surface area contributed by atoms with Gasteiger partial charge >= 0.3 is 0 Å². The molecule has 1 fully saturated rings. The van der Waals surface area contributed by atoms with E-state index in [9.17, 15) is 0 Å². The van der Waals surface area contributed by atoms with Gasteiger partial charge in [0.05, 0.1) is 0 Å². The Morgan fingerprint density at radius 1 is 1.21 bits per heavy atom. The quantitative estimate of drug-likeness (QED) is 0.900. The number of pyridine rings is 1. The van der Waals surface area contributed by atoms with Gasteiger partial charge < -0.3 is 5.32 Å². The third-order valence-electron chi connectivity index (χ3n) is 3.39. The van der Waals surface area contributed by atoms with Crippen molar-refractivity contribution in [2.75, 3.05) is 0 Å². The van der Waals surface area contributed by atoms with Crippen molar-refractivity contribution in [3.05, 3.63) is 64.4 Å². The molecule has 0 unspecified atom stereocenters. The van der Waals surface area contributed by atoms with Crippen LogP contribution in [-0.4, -0.2) is 11.0 Å². The monoisotopic (exact) mass is 272 g/mol. The number of nitrogens with zero attached hydrogens (tertiary/aromatic N) is 1. The molecule has 3 rings (SSSR count). The summed E-state index contributed by atoms with van der Waals surface area (Å²) in [5, 5.41) is 4.33. The molecule has 1 aliphatic carbocycles. The fraction of sp³-hybridized carbons (Fsp3) is 0.312. The highest BCUT2D eigenvalue weighted by Crippen LogP contribution is 2.22. The Hall–Kier alpha value is -1.38. The number of nitrogens with one attached hydrogen (secondary N) is 1. The van der Waals surface area contributed by atoms with Gasteiger partial charge in [0.1, 0.15) is 0 Å². The summed E-state index contributed by atoms with van der Waals surface area (Å²) in [5.41, 5.74) is 3.44. The molecule has 0 spiro atoms. The van der Waals surface area contributed by atoms with Crippen LogP contribution in [0.1, 0.15) is 29.7 Å². The van der Waals surface area contributed by atoms with Crippen LogP contribution in [0.4, 0.5) is 0 Å². The van der Waals surface area contributed by atoms with Crippen LogP contribution in [0.25, 0.3) is 0 Å². The lowest BCUT2D eigenvalue weighted by atomic mass is 10.1. The van der Waals surface area contributed by atoms with Gasteiger partial charge in [0, 0.05) is 35.9 Å². The summed E-state index contributed by atoms with van der Waals surface area (Å²) in [5.74, 6) is 0. The minimum Gasteiger partial charge on any atom is -0.310 e. The van der Waals surface area contributed by atoms with Crippen LogP contribution in [0.2, 0.25) is 5.02 Å². The van der Waals surface area contributed by atoms with Crippen molar-refractivity contribution in [2.45, 2.75) is 31.8 Å². The van der Waals surface area contributed by atoms with Crippen molar-refractivity contribution in [1.82, 2.24) is 10.3 Å². The normalized spacial score (nSPS) is 14.6. The van der Waals surface area contributed by atoms with Gasteiger partial charge in [0.15, 0.2) is 0 Å². The molecule has 98 valence electrons. The van der Waals surface area contributed by atoms with E-state index >= 15 is 0 Å². The van der Waals surface area contributed by atoms with Crippen LogP contribution in [0, 0.1) is 0 Å². The fourth-order valence-corrected chi connectivity index (χ4v) is 2.36. The van der Waals surface area contributed by atoms with Gasteiger partial charge in [0.2, 0.25) is 0 Å². The maximum atomic E-state index is 6.35. The second kappa shape index (κ2) is 5.72. The molecule has 2 nitrogen and oxygen atoms in total. The first-order valence-electron chi connectivity index (χ1n) is 6.72. The van der Waals surface area contributed by atoms with Crippen molar-refractivity contribution in [3.8, 4) is 0 Å². The van der Waals surface area contributed by atoms with Crippen molar-refractivity contribution in [1.29, 1.82) is 0 Å². The lowest BCUT2D eigenvalue weighted by Crippen LogP contribution is -2.15. The highest BCUT2D eigenvalue weighted by molar-refractivity contribution is 6.31. The molecular formula is C16H17ClN2. The molecule has 19 heavy (non-hydrogen) atoms. The maximum Gasteiger partial charge on any atom is 0.0447 e. The zero-order chi connectivity index (χ0) is 13.1. The Balaban J connectivity index is 1.68. The average Bonchev–Trinajstić information content (AvgIpc) is 3.25. The van der Waals surface area contributed by atoms with Gasteiger partial charge in [-0.1, -0.05) is 29.8 Å². The zero-order valence-electron chi connectivity index (χ0n) is 10.8. The van der Waals surface area contributed by atoms with E-state index in [1.165, 1.54) is 18.4 Å². The summed E-state index contributed by atoms with van der Waals surface area (Å²) in [6, 6.07) is 13.0. The van der Waals surface area contributed by atoms with Crippen molar-refractivity contribution in [2.24, 2.45) is 0 Å². The molecule has 0 bridgehead atoms. The molecule has 1 aromatic heterocycles. The van der Waals surface area contributed by atoms with E-state index in [0.29, 0.717) is 0 Å². The Kier molecular flexibility index (Phi) is 3.81. The third kappa shape index (κ3) is 3.55. The summed E-state index contributed by atoms with van der Waals surface area (Å²) in [6.45, 7) is 0.911. The van der Waals surface area contributed by atoms with Gasteiger partial charge in [-0.05, 0) is 42.2 Å². The van der Waals surface area contributed by atoms with Crippen LogP contribution in [0.15, 0.2) is 42.6 Å². The molecule has 1 aromatic carbocycles. The number of aromatic nitrogens is 1. The van der Waals surface area contributed by atoms with Crippen molar-refractivity contribution < 1.29 is 0 Å². The molecule has 0 atom stereocenters. The maximum absolute atomic E-state index is 6.35. The van der Waals surface area contributed by atoms with Crippen molar-refractivity contribution >= 4 is 11.6 Å². The summed E-state index contributed by atoms with van der Waals surface area (Å²) in [6.07, 6.45) is 5.23. The number of hydrogen-bond acceptors (Lipinski definition) is 2. The first kappa shape index (κ1) is 12.6. The SMILES string of the molecule is Clc1cc(CNC2CC2)ccc1Cc1ccccn1. The highest BCUT2D eigenvalue weighted by atomic mass is 35.5. The number of benzene rings is 1. The molecule has 1 saturated carbocycles. The van der Waals surface area contributed by atoms with E-state index in [2.05, 4.69) is 28.5 Å². The highest BCUT2D eigenvalue weighted by Gasteiger charge is 2.19. The Morgan fingerprint density at radius 3 is 2.79 bits per heavy atom. The van der Waals surface area contributed by atoms with E-state index in [1.807, 2.05) is 24.4 Å². The van der Waals surface area contributed by atoms with Gasteiger partial charge in [-0.2, -0.15) is 0 Å². The van der Waals surface area contributed by atoms with Crippen LogP contribution in [-0.2, 0) is 13.0 Å². The molecule has 0 aliphatic heterocycles. The molecular weight excluding hydrogens is 256 g/mol. The van der Waals surface area contributed by atoms with Gasteiger partial charge in [-0.25, -0.2) is 0 Å². The minimum atomic E-state index is 0.729. The lowest BCUT2D eigenvalue weighted by Gasteiger charge is -2.08. The average molecular weight is 273 g/mol. The van der Waals surface area contributed by atoms with E-state index in [-0.39, 0.29) is 0 Å². The smallest absolute Gasteiger partial charge is 0.0447 e. The molecule has 0 radical (unpaired) electrons. The first-order valence-corrected chi connectivity index (χ1v) is 7.09. The summed E-state index contributed by atoms with van der Waals surface area (Å²) < 4.78 is 0. The van der Waals surface area contributed by atoms with Crippen LogP contribution in [0.5, 0.6) is 0 Å². The predicted molar refractivity (Wildman–Crippen MR) is 78.4 cm³/mol. The molecule has 0 saturated heterocycles. The Morgan fingerprint density at radius 2 is 2.11 bits per heavy atom. The third-order valence-corrected chi connectivity index (χ3v) is 3.74. The van der Waals surface area contributed by atoms with E-state index in [1.54, 1.807) is 0 Å². The van der Waals surface area contributed by atoms with Crippen LogP contribution < -0.4 is 5.32 Å². The van der Waals surface area contributed by atoms with Gasteiger partial charge in [0.25, 0.3) is 0 Å².